The maximum Gasteiger partial charge on any atom is 0.416 e. The Bertz CT molecular complexity index is 2470. The van der Waals surface area contributed by atoms with Gasteiger partial charge in [-0.3, -0.25) is 9.36 Å². The van der Waals surface area contributed by atoms with Crippen LogP contribution in [0.4, 0.5) is 26.3 Å². The highest BCUT2D eigenvalue weighted by atomic mass is 19.4. The molecule has 298 valence electrons. The van der Waals surface area contributed by atoms with E-state index in [1.54, 1.807) is 54.1 Å². The minimum absolute atomic E-state index is 0.0522. The lowest BCUT2D eigenvalue weighted by Gasteiger charge is -2.10. The standard InChI is InChI=1S/C20H20F3N5O2.C17H14F3N5O2/c1-12(2)30-19(29)17(15-8-25-27(4)9-15)10-28-11-24-18(26-28)14-5-13(3)6-16(7-14)20(21,22)23;1-10-3-11(5-13(4-10)17(18,19)20)15-21-9-25(23-15)8-14(16(26)27)12-6-22-24(2)7-12/h5-12H,1-4H3;3-9H,1-2H3,(H,26,27)/b17-10+;14-8+. The van der Waals surface area contributed by atoms with Gasteiger partial charge in [0.15, 0.2) is 11.6 Å². The van der Waals surface area contributed by atoms with E-state index in [1.165, 1.54) is 63.8 Å². The SMILES string of the molecule is Cc1cc(-c2ncn(/C=C(/C(=O)O)c3cnn(C)c3)n2)cc(C(F)(F)F)c1.Cc1cc(-c2ncn(/C=C(/C(=O)OC(C)C)c3cnn(C)c3)n2)cc(C(F)(F)F)c1. The van der Waals surface area contributed by atoms with Gasteiger partial charge in [-0.1, -0.05) is 0 Å². The first-order chi connectivity index (χ1) is 26.7. The van der Waals surface area contributed by atoms with Crippen LogP contribution in [0.1, 0.15) is 47.2 Å². The van der Waals surface area contributed by atoms with Crippen molar-refractivity contribution in [3.63, 3.8) is 0 Å². The summed E-state index contributed by atoms with van der Waals surface area (Å²) in [7, 11) is 3.35. The topological polar surface area (TPSA) is 161 Å². The van der Waals surface area contributed by atoms with Crippen molar-refractivity contribution in [2.75, 3.05) is 0 Å². The molecule has 1 N–H and O–H groups in total. The second kappa shape index (κ2) is 16.5. The predicted octanol–water partition coefficient (Wildman–Crippen LogP) is 7.04. The van der Waals surface area contributed by atoms with Gasteiger partial charge < -0.3 is 9.84 Å². The number of aryl methyl sites for hydroxylation is 4. The normalized spacial score (nSPS) is 12.4. The van der Waals surface area contributed by atoms with E-state index in [1.807, 2.05) is 0 Å². The number of ether oxygens (including phenoxy) is 1. The zero-order valence-corrected chi connectivity index (χ0v) is 31.1. The van der Waals surface area contributed by atoms with E-state index >= 15 is 0 Å². The third kappa shape index (κ3) is 10.7. The zero-order chi connectivity index (χ0) is 41.8. The fraction of sp³-hybridized carbons (Fsp3) is 0.243. The van der Waals surface area contributed by atoms with E-state index in [9.17, 15) is 41.0 Å². The number of halogens is 6. The first kappa shape index (κ1) is 41.3. The molecule has 2 aromatic carbocycles. The lowest BCUT2D eigenvalue weighted by molar-refractivity contribution is -0.140. The molecule has 0 bridgehead atoms. The average molecular weight is 797 g/mol. The minimum Gasteiger partial charge on any atom is -0.478 e. The molecular formula is C37H34F6N10O4. The maximum atomic E-state index is 13.1. The van der Waals surface area contributed by atoms with Crippen molar-refractivity contribution in [3.8, 4) is 22.8 Å². The van der Waals surface area contributed by atoms with Gasteiger partial charge in [-0.15, -0.1) is 10.2 Å². The van der Waals surface area contributed by atoms with Crippen molar-refractivity contribution in [1.29, 1.82) is 0 Å². The number of esters is 1. The molecule has 6 rings (SSSR count). The van der Waals surface area contributed by atoms with E-state index < -0.39 is 35.4 Å². The van der Waals surface area contributed by atoms with Gasteiger partial charge in [0.05, 0.1) is 40.8 Å². The van der Waals surface area contributed by atoms with Gasteiger partial charge in [-0.05, 0) is 75.2 Å². The molecule has 57 heavy (non-hydrogen) atoms. The predicted molar refractivity (Wildman–Crippen MR) is 194 cm³/mol. The molecule has 0 amide bonds. The number of aliphatic carboxylic acids is 1. The number of rotatable bonds is 9. The van der Waals surface area contributed by atoms with Gasteiger partial charge in [0.1, 0.15) is 12.7 Å². The molecule has 0 spiro atoms. The Labute approximate surface area is 320 Å². The third-order valence-electron chi connectivity index (χ3n) is 7.69. The Kier molecular flexibility index (Phi) is 11.9. The average Bonchev–Trinajstić information content (AvgIpc) is 3.93. The molecule has 4 heterocycles. The second-order valence-electron chi connectivity index (χ2n) is 12.9. The number of carbonyl (C=O) groups excluding carboxylic acids is 1. The summed E-state index contributed by atoms with van der Waals surface area (Å²) in [4.78, 5) is 32.1. The van der Waals surface area contributed by atoms with Crippen LogP contribution in [-0.2, 0) is 40.8 Å². The molecule has 6 aromatic rings. The first-order valence-electron chi connectivity index (χ1n) is 16.7. The number of hydrogen-bond acceptors (Lipinski definition) is 9. The monoisotopic (exact) mass is 796 g/mol. The summed E-state index contributed by atoms with van der Waals surface area (Å²) in [5.41, 5.74) is 0.652. The number of hydrogen-bond donors (Lipinski definition) is 1. The molecule has 0 aliphatic rings. The van der Waals surface area contributed by atoms with Gasteiger partial charge in [-0.2, -0.15) is 36.5 Å². The highest BCUT2D eigenvalue weighted by Gasteiger charge is 2.32. The minimum atomic E-state index is -4.49. The summed E-state index contributed by atoms with van der Waals surface area (Å²) < 4.78 is 89.0. The van der Waals surface area contributed by atoms with Crippen LogP contribution in [0.2, 0.25) is 0 Å². The molecule has 0 radical (unpaired) electrons. The largest absolute Gasteiger partial charge is 0.478 e. The first-order valence-corrected chi connectivity index (χ1v) is 16.7. The van der Waals surface area contributed by atoms with Crippen molar-refractivity contribution in [1.82, 2.24) is 49.1 Å². The number of nitrogens with zero attached hydrogens (tertiary/aromatic N) is 10. The third-order valence-corrected chi connectivity index (χ3v) is 7.69. The van der Waals surface area contributed by atoms with Crippen LogP contribution in [0.3, 0.4) is 0 Å². The second-order valence-corrected chi connectivity index (χ2v) is 12.9. The molecule has 14 nitrogen and oxygen atoms in total. The highest BCUT2D eigenvalue weighted by Crippen LogP contribution is 2.34. The van der Waals surface area contributed by atoms with Crippen LogP contribution in [0, 0.1) is 13.8 Å². The number of benzene rings is 2. The number of carboxylic acids is 1. The molecule has 0 saturated carbocycles. The Morgan fingerprint density at radius 3 is 1.49 bits per heavy atom. The molecule has 0 saturated heterocycles. The maximum absolute atomic E-state index is 13.1. The summed E-state index contributed by atoms with van der Waals surface area (Å²) in [6, 6.07) is 7.13. The van der Waals surface area contributed by atoms with Gasteiger partial charge in [0.25, 0.3) is 0 Å². The molecule has 20 heteroatoms. The van der Waals surface area contributed by atoms with Crippen LogP contribution >= 0.6 is 0 Å². The van der Waals surface area contributed by atoms with Crippen LogP contribution in [0.5, 0.6) is 0 Å². The van der Waals surface area contributed by atoms with Crippen molar-refractivity contribution in [3.05, 3.63) is 107 Å². The fourth-order valence-electron chi connectivity index (χ4n) is 5.25. The molecule has 0 aliphatic carbocycles. The Morgan fingerprint density at radius 2 is 1.12 bits per heavy atom. The summed E-state index contributed by atoms with van der Waals surface area (Å²) in [6.07, 6.45) is 1.91. The molecular weight excluding hydrogens is 762 g/mol. The van der Waals surface area contributed by atoms with E-state index in [0.717, 1.165) is 28.9 Å². The lowest BCUT2D eigenvalue weighted by Crippen LogP contribution is -2.13. The van der Waals surface area contributed by atoms with Gasteiger partial charge in [-0.25, -0.2) is 28.9 Å². The van der Waals surface area contributed by atoms with Crippen molar-refractivity contribution in [2.24, 2.45) is 14.1 Å². The van der Waals surface area contributed by atoms with Crippen molar-refractivity contribution < 1.29 is 45.8 Å². The molecule has 0 fully saturated rings. The van der Waals surface area contributed by atoms with E-state index in [2.05, 4.69) is 30.4 Å². The van der Waals surface area contributed by atoms with Gasteiger partial charge >= 0.3 is 24.3 Å². The van der Waals surface area contributed by atoms with Crippen molar-refractivity contribution in [2.45, 2.75) is 46.2 Å². The highest BCUT2D eigenvalue weighted by molar-refractivity contribution is 6.20. The quantitative estimate of drug-likeness (QED) is 0.0913. The lowest BCUT2D eigenvalue weighted by atomic mass is 10.1. The number of aromatic nitrogens is 10. The number of carboxylic acid groups (broad SMARTS) is 1. The summed E-state index contributed by atoms with van der Waals surface area (Å²) in [5.74, 6) is -1.63. The molecule has 4 aromatic heterocycles. The van der Waals surface area contributed by atoms with Crippen LogP contribution < -0.4 is 0 Å². The Balaban J connectivity index is 0.000000219. The Hall–Kier alpha value is -6.86. The van der Waals surface area contributed by atoms with Gasteiger partial charge in [0.2, 0.25) is 0 Å². The Morgan fingerprint density at radius 1 is 0.702 bits per heavy atom. The number of alkyl halides is 6. The zero-order valence-electron chi connectivity index (χ0n) is 31.1. The molecule has 0 atom stereocenters. The van der Waals surface area contributed by atoms with Crippen LogP contribution in [0.25, 0.3) is 46.3 Å². The summed E-state index contributed by atoms with van der Waals surface area (Å²) in [5, 5.41) is 25.6. The summed E-state index contributed by atoms with van der Waals surface area (Å²) >= 11 is 0. The van der Waals surface area contributed by atoms with Gasteiger partial charge in [0, 0.05) is 61.1 Å². The van der Waals surface area contributed by atoms with E-state index in [0.29, 0.717) is 22.3 Å². The smallest absolute Gasteiger partial charge is 0.416 e. The van der Waals surface area contributed by atoms with Crippen molar-refractivity contribution >= 4 is 35.5 Å². The fourth-order valence-corrected chi connectivity index (χ4v) is 5.25. The van der Waals surface area contributed by atoms with E-state index in [4.69, 9.17) is 4.74 Å². The molecule has 0 unspecified atom stereocenters. The van der Waals surface area contributed by atoms with Crippen LogP contribution in [0.15, 0.2) is 73.8 Å². The van der Waals surface area contributed by atoms with Crippen LogP contribution in [-0.4, -0.2) is 72.2 Å². The van der Waals surface area contributed by atoms with E-state index in [-0.39, 0.29) is 40.0 Å². The molecule has 0 aliphatic heterocycles. The number of carbonyl (C=O) groups is 2. The summed E-state index contributed by atoms with van der Waals surface area (Å²) in [6.45, 7) is 6.56.